The molecule has 2 nitrogen and oxygen atoms in total. The van der Waals surface area contributed by atoms with Crippen LogP contribution in [0.2, 0.25) is 0 Å². The molecule has 0 aliphatic heterocycles. The molecule has 0 amide bonds. The molecule has 0 bridgehead atoms. The number of aryl methyl sites for hydroxylation is 1. The number of rotatable bonds is 9. The minimum Gasteiger partial charge on any atom is -0.493 e. The molecule has 0 aromatic heterocycles. The van der Waals surface area contributed by atoms with E-state index in [0.717, 1.165) is 30.7 Å². The second-order valence-electron chi connectivity index (χ2n) is 5.11. The lowest BCUT2D eigenvalue weighted by molar-refractivity contribution is 0.299. The van der Waals surface area contributed by atoms with Crippen LogP contribution in [-0.4, -0.2) is 19.2 Å². The molecule has 108 valence electrons. The SMILES string of the molecule is CCCNC(C)CCCCOc1ccc(F)cc1C. The summed E-state index contributed by atoms with van der Waals surface area (Å²) in [5.74, 6) is 0.583. The summed E-state index contributed by atoms with van der Waals surface area (Å²) in [4.78, 5) is 0. The minimum atomic E-state index is -0.208. The molecule has 1 aromatic rings. The third-order valence-electron chi connectivity index (χ3n) is 3.17. The first kappa shape index (κ1) is 16.0. The molecule has 1 unspecified atom stereocenters. The van der Waals surface area contributed by atoms with E-state index in [9.17, 15) is 4.39 Å². The summed E-state index contributed by atoms with van der Waals surface area (Å²) in [7, 11) is 0. The van der Waals surface area contributed by atoms with Gasteiger partial charge in [0, 0.05) is 6.04 Å². The van der Waals surface area contributed by atoms with Crippen LogP contribution in [0.5, 0.6) is 5.75 Å². The maximum absolute atomic E-state index is 12.9. The van der Waals surface area contributed by atoms with E-state index >= 15 is 0 Å². The standard InChI is InChI=1S/C16H26FNO/c1-4-10-18-14(3)7-5-6-11-19-16-9-8-15(17)12-13(16)2/h8-9,12,14,18H,4-7,10-11H2,1-3H3. The first-order valence-corrected chi connectivity index (χ1v) is 7.25. The van der Waals surface area contributed by atoms with Gasteiger partial charge in [0.1, 0.15) is 11.6 Å². The van der Waals surface area contributed by atoms with Crippen molar-refractivity contribution in [2.75, 3.05) is 13.2 Å². The third-order valence-corrected chi connectivity index (χ3v) is 3.17. The smallest absolute Gasteiger partial charge is 0.123 e. The minimum absolute atomic E-state index is 0.208. The number of unbranched alkanes of at least 4 members (excludes halogenated alkanes) is 1. The zero-order valence-corrected chi connectivity index (χ0v) is 12.3. The Balaban J connectivity index is 2.13. The van der Waals surface area contributed by atoms with Crippen LogP contribution in [0.3, 0.4) is 0 Å². The Morgan fingerprint density at radius 1 is 1.32 bits per heavy atom. The molecule has 1 N–H and O–H groups in total. The zero-order chi connectivity index (χ0) is 14.1. The number of nitrogens with one attached hydrogen (secondary N) is 1. The molecule has 3 heteroatoms. The third kappa shape index (κ3) is 6.58. The summed E-state index contributed by atoms with van der Waals surface area (Å²) in [6.07, 6.45) is 4.54. The summed E-state index contributed by atoms with van der Waals surface area (Å²) in [5.41, 5.74) is 0.859. The van der Waals surface area contributed by atoms with Gasteiger partial charge in [0.2, 0.25) is 0 Å². The molecular weight excluding hydrogens is 241 g/mol. The summed E-state index contributed by atoms with van der Waals surface area (Å²) in [6.45, 7) is 8.06. The molecule has 0 saturated carbocycles. The van der Waals surface area contributed by atoms with Gasteiger partial charge in [-0.25, -0.2) is 4.39 Å². The van der Waals surface area contributed by atoms with Gasteiger partial charge in [-0.15, -0.1) is 0 Å². The predicted octanol–water partition coefficient (Wildman–Crippen LogP) is 4.07. The number of ether oxygens (including phenoxy) is 1. The Kier molecular flexibility index (Phi) is 7.49. The Hall–Kier alpha value is -1.09. The van der Waals surface area contributed by atoms with E-state index in [1.165, 1.54) is 25.0 Å². The van der Waals surface area contributed by atoms with Crippen molar-refractivity contribution in [1.82, 2.24) is 5.32 Å². The average Bonchev–Trinajstić information content (AvgIpc) is 2.38. The van der Waals surface area contributed by atoms with Crippen molar-refractivity contribution < 1.29 is 9.13 Å². The number of hydrogen-bond donors (Lipinski definition) is 1. The van der Waals surface area contributed by atoms with E-state index in [1.54, 1.807) is 6.07 Å². The highest BCUT2D eigenvalue weighted by Crippen LogP contribution is 2.18. The first-order valence-electron chi connectivity index (χ1n) is 7.25. The fourth-order valence-corrected chi connectivity index (χ4v) is 2.00. The first-order chi connectivity index (χ1) is 9.13. The van der Waals surface area contributed by atoms with Crippen LogP contribution in [-0.2, 0) is 0 Å². The molecule has 0 aliphatic rings. The number of hydrogen-bond acceptors (Lipinski definition) is 2. The molecule has 19 heavy (non-hydrogen) atoms. The normalized spacial score (nSPS) is 12.4. The van der Waals surface area contributed by atoms with Crippen molar-refractivity contribution in [2.45, 2.75) is 52.5 Å². The van der Waals surface area contributed by atoms with E-state index in [0.29, 0.717) is 12.6 Å². The van der Waals surface area contributed by atoms with Crippen LogP contribution in [0.1, 0.15) is 45.1 Å². The van der Waals surface area contributed by atoms with Gasteiger partial charge in [0.05, 0.1) is 6.61 Å². The van der Waals surface area contributed by atoms with Gasteiger partial charge in [-0.1, -0.05) is 6.92 Å². The Morgan fingerprint density at radius 2 is 2.11 bits per heavy atom. The van der Waals surface area contributed by atoms with Crippen molar-refractivity contribution in [3.63, 3.8) is 0 Å². The molecule has 0 fully saturated rings. The van der Waals surface area contributed by atoms with Crippen LogP contribution in [0.25, 0.3) is 0 Å². The predicted molar refractivity (Wildman–Crippen MR) is 78.2 cm³/mol. The van der Waals surface area contributed by atoms with Crippen LogP contribution >= 0.6 is 0 Å². The van der Waals surface area contributed by atoms with Crippen LogP contribution in [0, 0.1) is 12.7 Å². The van der Waals surface area contributed by atoms with Crippen molar-refractivity contribution in [3.8, 4) is 5.75 Å². The van der Waals surface area contributed by atoms with Crippen LogP contribution < -0.4 is 10.1 Å². The van der Waals surface area contributed by atoms with Crippen LogP contribution in [0.15, 0.2) is 18.2 Å². The molecule has 1 atom stereocenters. The fourth-order valence-electron chi connectivity index (χ4n) is 2.00. The monoisotopic (exact) mass is 267 g/mol. The summed E-state index contributed by atoms with van der Waals surface area (Å²) in [6, 6.07) is 5.23. The Morgan fingerprint density at radius 3 is 2.79 bits per heavy atom. The lowest BCUT2D eigenvalue weighted by Gasteiger charge is -2.13. The van der Waals surface area contributed by atoms with E-state index in [1.807, 2.05) is 6.92 Å². The largest absolute Gasteiger partial charge is 0.493 e. The summed E-state index contributed by atoms with van der Waals surface area (Å²) in [5, 5.41) is 3.47. The van der Waals surface area contributed by atoms with E-state index in [4.69, 9.17) is 4.74 Å². The van der Waals surface area contributed by atoms with Gasteiger partial charge < -0.3 is 10.1 Å². The lowest BCUT2D eigenvalue weighted by Crippen LogP contribution is -2.26. The highest BCUT2D eigenvalue weighted by Gasteiger charge is 2.02. The molecular formula is C16H26FNO. The van der Waals surface area contributed by atoms with E-state index in [-0.39, 0.29) is 5.82 Å². The summed E-state index contributed by atoms with van der Waals surface area (Å²) < 4.78 is 18.6. The van der Waals surface area contributed by atoms with Crippen molar-refractivity contribution >= 4 is 0 Å². The lowest BCUT2D eigenvalue weighted by atomic mass is 10.1. The average molecular weight is 267 g/mol. The van der Waals surface area contributed by atoms with Gasteiger partial charge in [0.15, 0.2) is 0 Å². The van der Waals surface area contributed by atoms with Gasteiger partial charge in [-0.2, -0.15) is 0 Å². The number of benzene rings is 1. The molecule has 0 radical (unpaired) electrons. The van der Waals surface area contributed by atoms with Gasteiger partial charge in [-0.3, -0.25) is 0 Å². The molecule has 0 aliphatic carbocycles. The summed E-state index contributed by atoms with van der Waals surface area (Å²) >= 11 is 0. The maximum atomic E-state index is 12.9. The number of halogens is 1. The Bertz CT molecular complexity index is 368. The van der Waals surface area contributed by atoms with E-state index in [2.05, 4.69) is 19.2 Å². The molecule has 1 aromatic carbocycles. The topological polar surface area (TPSA) is 21.3 Å². The zero-order valence-electron chi connectivity index (χ0n) is 12.3. The van der Waals surface area contributed by atoms with Crippen molar-refractivity contribution in [1.29, 1.82) is 0 Å². The van der Waals surface area contributed by atoms with E-state index < -0.39 is 0 Å². The second-order valence-corrected chi connectivity index (χ2v) is 5.11. The van der Waals surface area contributed by atoms with Crippen LogP contribution in [0.4, 0.5) is 4.39 Å². The van der Waals surface area contributed by atoms with Crippen molar-refractivity contribution in [2.24, 2.45) is 0 Å². The highest BCUT2D eigenvalue weighted by atomic mass is 19.1. The van der Waals surface area contributed by atoms with Gasteiger partial charge in [-0.05, 0) is 69.8 Å². The highest BCUT2D eigenvalue weighted by molar-refractivity contribution is 5.32. The quantitative estimate of drug-likeness (QED) is 0.681. The fraction of sp³-hybridized carbons (Fsp3) is 0.625. The molecule has 1 rings (SSSR count). The maximum Gasteiger partial charge on any atom is 0.123 e. The second kappa shape index (κ2) is 8.92. The molecule has 0 heterocycles. The van der Waals surface area contributed by atoms with Crippen molar-refractivity contribution in [3.05, 3.63) is 29.6 Å². The van der Waals surface area contributed by atoms with Gasteiger partial charge in [0.25, 0.3) is 0 Å². The molecule has 0 spiro atoms. The molecule has 0 saturated heterocycles. The Labute approximate surface area is 116 Å². The van der Waals surface area contributed by atoms with Gasteiger partial charge >= 0.3 is 0 Å².